The summed E-state index contributed by atoms with van der Waals surface area (Å²) in [5.74, 6) is -0.515. The minimum absolute atomic E-state index is 0.0259. The average Bonchev–Trinajstić information content (AvgIpc) is 3.00. The molecule has 0 amide bonds. The van der Waals surface area contributed by atoms with Gasteiger partial charge in [-0.05, 0) is 5.92 Å². The number of thiazole rings is 1. The Bertz CT molecular complexity index is 787. The molecule has 2 aromatic heterocycles. The maximum atomic E-state index is 11.3. The van der Waals surface area contributed by atoms with Gasteiger partial charge in [-0.1, -0.05) is 44.2 Å². The van der Waals surface area contributed by atoms with Crippen molar-refractivity contribution in [2.45, 2.75) is 26.2 Å². The van der Waals surface area contributed by atoms with E-state index in [0.717, 1.165) is 27.6 Å². The maximum Gasteiger partial charge on any atom is 0.309 e. The quantitative estimate of drug-likeness (QED) is 0.797. The number of benzene rings is 1. The van der Waals surface area contributed by atoms with E-state index in [1.165, 1.54) is 0 Å². The van der Waals surface area contributed by atoms with Gasteiger partial charge in [-0.3, -0.25) is 9.20 Å². The van der Waals surface area contributed by atoms with Crippen LogP contribution >= 0.6 is 11.3 Å². The van der Waals surface area contributed by atoms with Crippen LogP contribution in [0.3, 0.4) is 0 Å². The summed E-state index contributed by atoms with van der Waals surface area (Å²) in [6.45, 7) is 4.21. The summed E-state index contributed by atoms with van der Waals surface area (Å²) < 4.78 is 2.01. The zero-order valence-corrected chi connectivity index (χ0v) is 12.7. The number of hydrogen-bond acceptors (Lipinski definition) is 3. The highest BCUT2D eigenvalue weighted by atomic mass is 32.1. The number of aliphatic carboxylic acids is 1. The van der Waals surface area contributed by atoms with Gasteiger partial charge < -0.3 is 5.11 Å². The summed E-state index contributed by atoms with van der Waals surface area (Å²) in [5, 5.41) is 11.3. The fraction of sp³-hybridized carbons (Fsp3) is 0.250. The van der Waals surface area contributed by atoms with Crippen LogP contribution < -0.4 is 0 Å². The van der Waals surface area contributed by atoms with Crippen LogP contribution in [0.15, 0.2) is 35.7 Å². The van der Waals surface area contributed by atoms with Crippen molar-refractivity contribution >= 4 is 22.3 Å². The van der Waals surface area contributed by atoms with Gasteiger partial charge in [0.05, 0.1) is 17.8 Å². The van der Waals surface area contributed by atoms with Crippen molar-refractivity contribution in [2.24, 2.45) is 0 Å². The van der Waals surface area contributed by atoms with Crippen LogP contribution in [0.2, 0.25) is 0 Å². The predicted octanol–water partition coefficient (Wildman–Crippen LogP) is 3.81. The van der Waals surface area contributed by atoms with Gasteiger partial charge in [0.2, 0.25) is 0 Å². The van der Waals surface area contributed by atoms with Crippen LogP contribution in [-0.2, 0) is 11.2 Å². The molecule has 3 aromatic rings. The van der Waals surface area contributed by atoms with Gasteiger partial charge in [-0.25, -0.2) is 4.98 Å². The fourth-order valence-electron chi connectivity index (χ4n) is 2.47. The summed E-state index contributed by atoms with van der Waals surface area (Å²) in [6, 6.07) is 9.76. The van der Waals surface area contributed by atoms with E-state index in [2.05, 4.69) is 24.2 Å². The lowest BCUT2D eigenvalue weighted by Crippen LogP contribution is -2.06. The molecule has 0 saturated heterocycles. The van der Waals surface area contributed by atoms with Gasteiger partial charge in [0.15, 0.2) is 4.96 Å². The second-order valence-corrected chi connectivity index (χ2v) is 6.11. The first-order valence-electron chi connectivity index (χ1n) is 6.84. The molecular formula is C16H16N2O2S. The SMILES string of the molecule is CC(C)c1csc2nc(-c3ccccc3)c(CC(=O)O)n12. The van der Waals surface area contributed by atoms with E-state index in [1.807, 2.05) is 34.7 Å². The van der Waals surface area contributed by atoms with E-state index < -0.39 is 5.97 Å². The lowest BCUT2D eigenvalue weighted by atomic mass is 10.1. The van der Waals surface area contributed by atoms with E-state index >= 15 is 0 Å². The summed E-state index contributed by atoms with van der Waals surface area (Å²) in [7, 11) is 0. The minimum Gasteiger partial charge on any atom is -0.481 e. The van der Waals surface area contributed by atoms with Crippen molar-refractivity contribution in [1.29, 1.82) is 0 Å². The molecule has 2 heterocycles. The van der Waals surface area contributed by atoms with Crippen molar-refractivity contribution in [3.63, 3.8) is 0 Å². The zero-order valence-electron chi connectivity index (χ0n) is 11.9. The largest absolute Gasteiger partial charge is 0.481 e. The summed E-state index contributed by atoms with van der Waals surface area (Å²) >= 11 is 1.56. The summed E-state index contributed by atoms with van der Waals surface area (Å²) in [6.07, 6.45) is -0.0259. The molecule has 1 aromatic carbocycles. The molecule has 1 N–H and O–H groups in total. The number of carboxylic acids is 1. The number of carbonyl (C=O) groups is 1. The number of carboxylic acid groups (broad SMARTS) is 1. The molecule has 0 unspecified atom stereocenters. The van der Waals surface area contributed by atoms with Crippen LogP contribution in [0.5, 0.6) is 0 Å². The van der Waals surface area contributed by atoms with Gasteiger partial charge in [-0.15, -0.1) is 11.3 Å². The van der Waals surface area contributed by atoms with Crippen LogP contribution in [0.4, 0.5) is 0 Å². The number of imidazole rings is 1. The molecule has 0 spiro atoms. The second kappa shape index (κ2) is 5.33. The number of fused-ring (bicyclic) bond motifs is 1. The maximum absolute atomic E-state index is 11.3. The van der Waals surface area contributed by atoms with E-state index in [4.69, 9.17) is 0 Å². The van der Waals surface area contributed by atoms with Crippen LogP contribution in [0.25, 0.3) is 16.2 Å². The van der Waals surface area contributed by atoms with Gasteiger partial charge in [-0.2, -0.15) is 0 Å². The first kappa shape index (κ1) is 13.8. The third-order valence-electron chi connectivity index (χ3n) is 3.44. The molecule has 0 radical (unpaired) electrons. The van der Waals surface area contributed by atoms with Gasteiger partial charge in [0, 0.05) is 16.6 Å². The molecule has 4 nitrogen and oxygen atoms in total. The average molecular weight is 300 g/mol. The molecule has 0 aliphatic heterocycles. The molecule has 108 valence electrons. The van der Waals surface area contributed by atoms with Crippen molar-refractivity contribution in [3.8, 4) is 11.3 Å². The summed E-state index contributed by atoms with van der Waals surface area (Å²) in [4.78, 5) is 16.8. The molecule has 0 saturated carbocycles. The molecule has 0 atom stereocenters. The molecule has 0 bridgehead atoms. The number of aromatic nitrogens is 2. The Labute approximate surface area is 126 Å². The van der Waals surface area contributed by atoms with Crippen molar-refractivity contribution in [2.75, 3.05) is 0 Å². The Kier molecular flexibility index (Phi) is 3.51. The molecule has 5 heteroatoms. The van der Waals surface area contributed by atoms with Crippen molar-refractivity contribution in [1.82, 2.24) is 9.38 Å². The standard InChI is InChI=1S/C16H16N2O2S/c1-10(2)13-9-21-16-17-15(11-6-4-3-5-7-11)12(18(13)16)8-14(19)20/h3-7,9-10H,8H2,1-2H3,(H,19,20). The highest BCUT2D eigenvalue weighted by Crippen LogP contribution is 2.31. The number of hydrogen-bond donors (Lipinski definition) is 1. The van der Waals surface area contributed by atoms with Crippen molar-refractivity contribution < 1.29 is 9.90 Å². The minimum atomic E-state index is -0.838. The molecule has 3 rings (SSSR count). The Morgan fingerprint density at radius 2 is 2.05 bits per heavy atom. The zero-order chi connectivity index (χ0) is 15.0. The molecule has 0 aliphatic carbocycles. The van der Waals surface area contributed by atoms with E-state index in [9.17, 15) is 9.90 Å². The molecule has 0 fully saturated rings. The second-order valence-electron chi connectivity index (χ2n) is 5.28. The fourth-order valence-corrected chi connectivity index (χ4v) is 3.54. The van der Waals surface area contributed by atoms with Gasteiger partial charge in [0.1, 0.15) is 0 Å². The van der Waals surface area contributed by atoms with E-state index in [-0.39, 0.29) is 6.42 Å². The number of nitrogens with zero attached hydrogens (tertiary/aromatic N) is 2. The Morgan fingerprint density at radius 3 is 2.67 bits per heavy atom. The van der Waals surface area contributed by atoms with E-state index in [1.54, 1.807) is 11.3 Å². The van der Waals surface area contributed by atoms with Crippen LogP contribution in [0.1, 0.15) is 31.2 Å². The highest BCUT2D eigenvalue weighted by Gasteiger charge is 2.20. The lowest BCUT2D eigenvalue weighted by Gasteiger charge is -2.07. The summed E-state index contributed by atoms with van der Waals surface area (Å²) in [5.41, 5.74) is 3.60. The smallest absolute Gasteiger partial charge is 0.309 e. The Morgan fingerprint density at radius 1 is 1.33 bits per heavy atom. The third-order valence-corrected chi connectivity index (χ3v) is 4.29. The van der Waals surface area contributed by atoms with E-state index in [0.29, 0.717) is 5.92 Å². The third kappa shape index (κ3) is 2.45. The van der Waals surface area contributed by atoms with Crippen molar-refractivity contribution in [3.05, 3.63) is 47.1 Å². The highest BCUT2D eigenvalue weighted by molar-refractivity contribution is 7.15. The molecule has 21 heavy (non-hydrogen) atoms. The van der Waals surface area contributed by atoms with Gasteiger partial charge >= 0.3 is 5.97 Å². The number of rotatable bonds is 4. The Balaban J connectivity index is 2.27. The normalized spacial score (nSPS) is 11.4. The molecular weight excluding hydrogens is 284 g/mol. The first-order valence-corrected chi connectivity index (χ1v) is 7.72. The predicted molar refractivity (Wildman–Crippen MR) is 83.9 cm³/mol. The van der Waals surface area contributed by atoms with Gasteiger partial charge in [0.25, 0.3) is 0 Å². The topological polar surface area (TPSA) is 54.6 Å². The first-order chi connectivity index (χ1) is 10.1. The monoisotopic (exact) mass is 300 g/mol. The molecule has 0 aliphatic rings. The van der Waals surface area contributed by atoms with Crippen LogP contribution in [-0.4, -0.2) is 20.5 Å². The van der Waals surface area contributed by atoms with Crippen LogP contribution in [0, 0.1) is 0 Å². The Hall–Kier alpha value is -2.14. The lowest BCUT2D eigenvalue weighted by molar-refractivity contribution is -0.136.